The second-order valence-electron chi connectivity index (χ2n) is 6.86. The second-order valence-corrected chi connectivity index (χ2v) is 6.86. The highest BCUT2D eigenvalue weighted by Gasteiger charge is 2.13. The van der Waals surface area contributed by atoms with Crippen molar-refractivity contribution in [3.8, 4) is 0 Å². The number of hydrogen-bond acceptors (Lipinski definition) is 8. The van der Waals surface area contributed by atoms with Crippen molar-refractivity contribution < 1.29 is 38.0 Å². The summed E-state index contributed by atoms with van der Waals surface area (Å²) in [4.78, 5) is 11.9. The number of hydrogen-bond donors (Lipinski definition) is 0. The molecule has 1 fully saturated rings. The van der Waals surface area contributed by atoms with Crippen LogP contribution in [0.15, 0.2) is 0 Å². The van der Waals surface area contributed by atoms with Gasteiger partial charge in [0, 0.05) is 6.42 Å². The molecule has 1 aliphatic rings. The summed E-state index contributed by atoms with van der Waals surface area (Å²) in [6.45, 7) is 7.62. The van der Waals surface area contributed by atoms with E-state index in [1.807, 2.05) is 0 Å². The Bertz CT molecular complexity index is 349. The SMILES string of the molecule is CCCCCCCC(=O)OCC1COCCOCCOCCOCCOCCO1. The summed E-state index contributed by atoms with van der Waals surface area (Å²) < 4.78 is 38.5. The predicted molar refractivity (Wildman–Crippen MR) is 108 cm³/mol. The molecular formula is C21H40O8. The van der Waals surface area contributed by atoms with E-state index in [1.165, 1.54) is 19.3 Å². The van der Waals surface area contributed by atoms with Gasteiger partial charge >= 0.3 is 5.97 Å². The normalized spacial score (nSPS) is 21.8. The topological polar surface area (TPSA) is 81.7 Å². The van der Waals surface area contributed by atoms with Crippen LogP contribution in [0, 0.1) is 0 Å². The second kappa shape index (κ2) is 20.5. The van der Waals surface area contributed by atoms with Gasteiger partial charge in [0.25, 0.3) is 0 Å². The first-order valence-electron chi connectivity index (χ1n) is 11.0. The van der Waals surface area contributed by atoms with E-state index in [-0.39, 0.29) is 18.7 Å². The molecule has 1 saturated heterocycles. The molecule has 8 nitrogen and oxygen atoms in total. The number of esters is 1. The average Bonchev–Trinajstić information content (AvgIpc) is 2.72. The molecule has 0 saturated carbocycles. The Labute approximate surface area is 175 Å². The lowest BCUT2D eigenvalue weighted by Crippen LogP contribution is -2.29. The molecule has 1 atom stereocenters. The van der Waals surface area contributed by atoms with Crippen molar-refractivity contribution in [3.63, 3.8) is 0 Å². The van der Waals surface area contributed by atoms with Crippen molar-refractivity contribution in [1.29, 1.82) is 0 Å². The Balaban J connectivity index is 2.24. The van der Waals surface area contributed by atoms with Gasteiger partial charge in [-0.1, -0.05) is 32.6 Å². The number of ether oxygens (including phenoxy) is 7. The first kappa shape index (κ1) is 26.3. The maximum Gasteiger partial charge on any atom is 0.305 e. The van der Waals surface area contributed by atoms with Crippen LogP contribution in [0.4, 0.5) is 0 Å². The van der Waals surface area contributed by atoms with Gasteiger partial charge in [-0.15, -0.1) is 0 Å². The molecule has 29 heavy (non-hydrogen) atoms. The van der Waals surface area contributed by atoms with Crippen LogP contribution in [0.5, 0.6) is 0 Å². The highest BCUT2D eigenvalue weighted by Crippen LogP contribution is 2.06. The maximum atomic E-state index is 11.9. The van der Waals surface area contributed by atoms with E-state index in [4.69, 9.17) is 33.2 Å². The Morgan fingerprint density at radius 1 is 0.724 bits per heavy atom. The van der Waals surface area contributed by atoms with Crippen molar-refractivity contribution in [1.82, 2.24) is 0 Å². The molecule has 1 unspecified atom stereocenters. The lowest BCUT2D eigenvalue weighted by atomic mass is 10.1. The average molecular weight is 421 g/mol. The van der Waals surface area contributed by atoms with Crippen LogP contribution in [0.2, 0.25) is 0 Å². The molecule has 8 heteroatoms. The molecule has 1 rings (SSSR count). The van der Waals surface area contributed by atoms with Crippen LogP contribution in [-0.4, -0.2) is 91.4 Å². The Hall–Kier alpha value is -0.770. The first-order valence-corrected chi connectivity index (χ1v) is 11.0. The standard InChI is InChI=1S/C21H40O8/c1-2-3-4-5-6-7-21(22)29-19-20-18-27-15-14-25-11-10-23-8-9-24-12-13-26-16-17-28-20/h20H,2-19H2,1H3. The zero-order chi connectivity index (χ0) is 20.8. The lowest BCUT2D eigenvalue weighted by molar-refractivity contribution is -0.151. The van der Waals surface area contributed by atoms with Gasteiger partial charge in [0.2, 0.25) is 0 Å². The van der Waals surface area contributed by atoms with E-state index >= 15 is 0 Å². The number of carbonyl (C=O) groups excluding carboxylic acids is 1. The molecule has 0 aromatic heterocycles. The molecule has 0 N–H and O–H groups in total. The maximum absolute atomic E-state index is 11.9. The molecule has 0 spiro atoms. The molecule has 1 heterocycles. The van der Waals surface area contributed by atoms with Crippen LogP contribution in [0.1, 0.15) is 45.4 Å². The predicted octanol–water partition coefficient (Wildman–Crippen LogP) is 2.37. The molecule has 0 aliphatic carbocycles. The summed E-state index contributed by atoms with van der Waals surface area (Å²) in [5.41, 5.74) is 0. The third-order valence-corrected chi connectivity index (χ3v) is 4.29. The fourth-order valence-corrected chi connectivity index (χ4v) is 2.64. The first-order chi connectivity index (χ1) is 14.3. The Kier molecular flexibility index (Phi) is 18.6. The van der Waals surface area contributed by atoms with E-state index in [0.29, 0.717) is 79.1 Å². The van der Waals surface area contributed by atoms with E-state index in [9.17, 15) is 4.79 Å². The monoisotopic (exact) mass is 420 g/mol. The van der Waals surface area contributed by atoms with Gasteiger partial charge in [-0.3, -0.25) is 4.79 Å². The molecule has 1 aliphatic heterocycles. The summed E-state index contributed by atoms with van der Waals surface area (Å²) in [5.74, 6) is -0.179. The van der Waals surface area contributed by atoms with Gasteiger partial charge in [-0.2, -0.15) is 0 Å². The van der Waals surface area contributed by atoms with Gasteiger partial charge in [0.15, 0.2) is 0 Å². The minimum atomic E-state index is -0.318. The highest BCUT2D eigenvalue weighted by molar-refractivity contribution is 5.69. The van der Waals surface area contributed by atoms with E-state index in [0.717, 1.165) is 12.8 Å². The summed E-state index contributed by atoms with van der Waals surface area (Å²) in [6, 6.07) is 0. The van der Waals surface area contributed by atoms with Crippen molar-refractivity contribution in [2.45, 2.75) is 51.6 Å². The van der Waals surface area contributed by atoms with E-state index in [2.05, 4.69) is 6.92 Å². The fraction of sp³-hybridized carbons (Fsp3) is 0.952. The van der Waals surface area contributed by atoms with Gasteiger partial charge in [0.05, 0.1) is 72.7 Å². The minimum absolute atomic E-state index is 0.179. The summed E-state index contributed by atoms with van der Waals surface area (Å²) in [6.07, 6.45) is 5.65. The number of rotatable bonds is 8. The zero-order valence-corrected chi connectivity index (χ0v) is 18.1. The summed E-state index contributed by atoms with van der Waals surface area (Å²) in [7, 11) is 0. The molecule has 172 valence electrons. The fourth-order valence-electron chi connectivity index (χ4n) is 2.64. The number of carbonyl (C=O) groups is 1. The van der Waals surface area contributed by atoms with Gasteiger partial charge in [-0.25, -0.2) is 0 Å². The third-order valence-electron chi connectivity index (χ3n) is 4.29. The van der Waals surface area contributed by atoms with Crippen molar-refractivity contribution in [2.75, 3.05) is 79.3 Å². The molecule has 0 aromatic carbocycles. The van der Waals surface area contributed by atoms with Gasteiger partial charge in [0.1, 0.15) is 12.7 Å². The van der Waals surface area contributed by atoms with Gasteiger partial charge < -0.3 is 33.2 Å². The summed E-state index contributed by atoms with van der Waals surface area (Å²) in [5, 5.41) is 0. The van der Waals surface area contributed by atoms with Crippen LogP contribution in [0.3, 0.4) is 0 Å². The van der Waals surface area contributed by atoms with Gasteiger partial charge in [-0.05, 0) is 6.42 Å². The quantitative estimate of drug-likeness (QED) is 0.437. The molecule has 0 bridgehead atoms. The summed E-state index contributed by atoms with van der Waals surface area (Å²) >= 11 is 0. The number of unbranched alkanes of at least 4 members (excludes halogenated alkanes) is 4. The van der Waals surface area contributed by atoms with E-state index in [1.54, 1.807) is 0 Å². The van der Waals surface area contributed by atoms with Crippen LogP contribution < -0.4 is 0 Å². The van der Waals surface area contributed by atoms with Crippen molar-refractivity contribution in [3.05, 3.63) is 0 Å². The largest absolute Gasteiger partial charge is 0.463 e. The van der Waals surface area contributed by atoms with Crippen LogP contribution >= 0.6 is 0 Å². The Morgan fingerprint density at radius 3 is 1.83 bits per heavy atom. The minimum Gasteiger partial charge on any atom is -0.463 e. The smallest absolute Gasteiger partial charge is 0.305 e. The molecule has 0 amide bonds. The van der Waals surface area contributed by atoms with Crippen molar-refractivity contribution in [2.24, 2.45) is 0 Å². The molecule has 0 aromatic rings. The Morgan fingerprint density at radius 2 is 1.24 bits per heavy atom. The molecular weight excluding hydrogens is 380 g/mol. The van der Waals surface area contributed by atoms with E-state index < -0.39 is 0 Å². The lowest BCUT2D eigenvalue weighted by Gasteiger charge is -2.18. The van der Waals surface area contributed by atoms with Crippen LogP contribution in [-0.2, 0) is 38.0 Å². The van der Waals surface area contributed by atoms with Crippen molar-refractivity contribution >= 4 is 5.97 Å². The molecule has 0 radical (unpaired) electrons. The third kappa shape index (κ3) is 17.8. The van der Waals surface area contributed by atoms with Crippen LogP contribution in [0.25, 0.3) is 0 Å². The zero-order valence-electron chi connectivity index (χ0n) is 18.1. The highest BCUT2D eigenvalue weighted by atomic mass is 16.6.